The fourth-order valence-corrected chi connectivity index (χ4v) is 4.04. The summed E-state index contributed by atoms with van der Waals surface area (Å²) in [5.74, 6) is -0.162. The molecule has 3 rings (SSSR count). The van der Waals surface area contributed by atoms with E-state index < -0.39 is 0 Å². The van der Waals surface area contributed by atoms with E-state index in [0.717, 1.165) is 22.6 Å². The van der Waals surface area contributed by atoms with Gasteiger partial charge in [0.05, 0.1) is 0 Å². The van der Waals surface area contributed by atoms with E-state index in [1.807, 2.05) is 30.3 Å². The van der Waals surface area contributed by atoms with Crippen molar-refractivity contribution in [1.82, 2.24) is 0 Å². The summed E-state index contributed by atoms with van der Waals surface area (Å²) in [5, 5.41) is 0. The Morgan fingerprint density at radius 2 is 1.46 bits per heavy atom. The third-order valence-corrected chi connectivity index (χ3v) is 5.56. The van der Waals surface area contributed by atoms with Crippen LogP contribution in [0.2, 0.25) is 0 Å². The topological polar surface area (TPSA) is 34.1 Å². The quantitative estimate of drug-likeness (QED) is 0.511. The van der Waals surface area contributed by atoms with Crippen LogP contribution in [0.25, 0.3) is 0 Å². The second-order valence-corrected chi connectivity index (χ2v) is 7.55. The Morgan fingerprint density at radius 1 is 0.833 bits per heavy atom. The van der Waals surface area contributed by atoms with Crippen LogP contribution in [0.3, 0.4) is 0 Å². The van der Waals surface area contributed by atoms with E-state index in [0.29, 0.717) is 17.9 Å². The first kappa shape index (κ1) is 17.0. The molecule has 0 atom stereocenters. The Morgan fingerprint density at radius 3 is 2.12 bits per heavy atom. The van der Waals surface area contributed by atoms with E-state index in [9.17, 15) is 9.59 Å². The maximum Gasteiger partial charge on any atom is 0.228 e. The maximum absolute atomic E-state index is 12.3. The molecule has 3 heteroatoms. The van der Waals surface area contributed by atoms with Crippen molar-refractivity contribution in [3.63, 3.8) is 0 Å². The summed E-state index contributed by atoms with van der Waals surface area (Å²) in [4.78, 5) is 26.8. The average Bonchev–Trinajstić information content (AvgIpc) is 2.63. The van der Waals surface area contributed by atoms with Gasteiger partial charge in [-0.25, -0.2) is 0 Å². The predicted octanol–water partition coefficient (Wildman–Crippen LogP) is 5.56. The van der Waals surface area contributed by atoms with Crippen LogP contribution in [0.15, 0.2) is 64.4 Å². The van der Waals surface area contributed by atoms with E-state index in [2.05, 4.69) is 12.1 Å². The van der Waals surface area contributed by atoms with Crippen LogP contribution in [-0.4, -0.2) is 11.6 Å². The van der Waals surface area contributed by atoms with Crippen LogP contribution < -0.4 is 0 Å². The van der Waals surface area contributed by atoms with Crippen molar-refractivity contribution in [1.29, 1.82) is 0 Å². The van der Waals surface area contributed by atoms with Crippen molar-refractivity contribution < 1.29 is 9.59 Å². The summed E-state index contributed by atoms with van der Waals surface area (Å²) in [6, 6.07) is 17.5. The molecule has 1 fully saturated rings. The summed E-state index contributed by atoms with van der Waals surface area (Å²) in [7, 11) is 0. The number of rotatable bonds is 6. The van der Waals surface area contributed by atoms with Gasteiger partial charge >= 0.3 is 0 Å². The van der Waals surface area contributed by atoms with Gasteiger partial charge in [0.15, 0.2) is 0 Å². The molecule has 0 aromatic heterocycles. The SMILES string of the molecule is O=C(CC1CCCCC1)C(=O)c1ccc(Sc2ccccc2)cc1. The fraction of sp³-hybridized carbons (Fsp3) is 0.333. The van der Waals surface area contributed by atoms with Crippen molar-refractivity contribution in [2.24, 2.45) is 5.92 Å². The highest BCUT2D eigenvalue weighted by Gasteiger charge is 2.22. The average molecular weight is 338 g/mol. The molecule has 124 valence electrons. The van der Waals surface area contributed by atoms with Crippen LogP contribution in [0.4, 0.5) is 0 Å². The molecule has 1 aliphatic rings. The molecule has 0 saturated heterocycles. The van der Waals surface area contributed by atoms with Gasteiger partial charge in [0.25, 0.3) is 0 Å². The van der Waals surface area contributed by atoms with Crippen molar-refractivity contribution in [2.45, 2.75) is 48.3 Å². The molecular weight excluding hydrogens is 316 g/mol. The van der Waals surface area contributed by atoms with Crippen LogP contribution in [-0.2, 0) is 4.79 Å². The monoisotopic (exact) mass is 338 g/mol. The molecule has 2 aromatic carbocycles. The second kappa shape index (κ2) is 8.29. The molecule has 1 saturated carbocycles. The lowest BCUT2D eigenvalue weighted by atomic mass is 9.85. The number of carbonyl (C=O) groups is 2. The highest BCUT2D eigenvalue weighted by Crippen LogP contribution is 2.29. The molecule has 24 heavy (non-hydrogen) atoms. The largest absolute Gasteiger partial charge is 0.290 e. The number of hydrogen-bond donors (Lipinski definition) is 0. The molecule has 2 aromatic rings. The lowest BCUT2D eigenvalue weighted by Gasteiger charge is -2.20. The zero-order valence-corrected chi connectivity index (χ0v) is 14.6. The Labute approximate surface area is 147 Å². The Bertz CT molecular complexity index is 686. The summed E-state index contributed by atoms with van der Waals surface area (Å²) < 4.78 is 0. The maximum atomic E-state index is 12.3. The predicted molar refractivity (Wildman–Crippen MR) is 97.5 cm³/mol. The first-order chi connectivity index (χ1) is 11.7. The molecule has 0 unspecified atom stereocenters. The van der Waals surface area contributed by atoms with E-state index in [1.54, 1.807) is 23.9 Å². The molecular formula is C21H22O2S. The summed E-state index contributed by atoms with van der Waals surface area (Å²) in [6.45, 7) is 0. The van der Waals surface area contributed by atoms with E-state index in [-0.39, 0.29) is 11.6 Å². The lowest BCUT2D eigenvalue weighted by Crippen LogP contribution is -2.19. The Kier molecular flexibility index (Phi) is 5.86. The van der Waals surface area contributed by atoms with Gasteiger partial charge in [-0.3, -0.25) is 9.59 Å². The molecule has 0 amide bonds. The first-order valence-electron chi connectivity index (χ1n) is 8.63. The number of carbonyl (C=O) groups excluding carboxylic acids is 2. The first-order valence-corrected chi connectivity index (χ1v) is 9.44. The third kappa shape index (κ3) is 4.57. The van der Waals surface area contributed by atoms with Gasteiger partial charge in [0, 0.05) is 21.8 Å². The zero-order chi connectivity index (χ0) is 16.8. The van der Waals surface area contributed by atoms with E-state index in [4.69, 9.17) is 0 Å². The normalized spacial score (nSPS) is 15.2. The lowest BCUT2D eigenvalue weighted by molar-refractivity contribution is -0.116. The highest BCUT2D eigenvalue weighted by atomic mass is 32.2. The van der Waals surface area contributed by atoms with Gasteiger partial charge in [-0.15, -0.1) is 0 Å². The van der Waals surface area contributed by atoms with Gasteiger partial charge in [0.2, 0.25) is 11.6 Å². The zero-order valence-electron chi connectivity index (χ0n) is 13.7. The number of hydrogen-bond acceptors (Lipinski definition) is 3. The molecule has 0 bridgehead atoms. The highest BCUT2D eigenvalue weighted by molar-refractivity contribution is 7.99. The minimum atomic E-state index is -0.336. The fourth-order valence-electron chi connectivity index (χ4n) is 3.21. The van der Waals surface area contributed by atoms with Crippen LogP contribution in [0, 0.1) is 5.92 Å². The Hall–Kier alpha value is -1.87. The van der Waals surface area contributed by atoms with Crippen LogP contribution in [0.5, 0.6) is 0 Å². The van der Waals surface area contributed by atoms with Crippen LogP contribution >= 0.6 is 11.8 Å². The molecule has 0 N–H and O–H groups in total. The van der Waals surface area contributed by atoms with Crippen molar-refractivity contribution >= 4 is 23.3 Å². The number of Topliss-reactive ketones (excluding diaryl/α,β-unsaturated/α-hetero) is 2. The number of benzene rings is 2. The number of ketones is 2. The van der Waals surface area contributed by atoms with E-state index >= 15 is 0 Å². The summed E-state index contributed by atoms with van der Waals surface area (Å²) >= 11 is 1.65. The summed E-state index contributed by atoms with van der Waals surface area (Å²) in [5.41, 5.74) is 0.508. The van der Waals surface area contributed by atoms with Gasteiger partial charge < -0.3 is 0 Å². The van der Waals surface area contributed by atoms with Gasteiger partial charge in [0.1, 0.15) is 0 Å². The molecule has 0 spiro atoms. The van der Waals surface area contributed by atoms with Gasteiger partial charge in [-0.2, -0.15) is 0 Å². The molecule has 1 aliphatic carbocycles. The summed E-state index contributed by atoms with van der Waals surface area (Å²) in [6.07, 6.45) is 6.24. The minimum absolute atomic E-state index is 0.231. The standard InChI is InChI=1S/C21H22O2S/c22-20(15-16-7-3-1-4-8-16)21(23)17-11-13-19(14-12-17)24-18-9-5-2-6-10-18/h2,5-6,9-14,16H,1,3-4,7-8,15H2. The molecule has 2 nitrogen and oxygen atoms in total. The Balaban J connectivity index is 1.59. The van der Waals surface area contributed by atoms with Gasteiger partial charge in [-0.05, 0) is 42.3 Å². The third-order valence-electron chi connectivity index (χ3n) is 4.55. The van der Waals surface area contributed by atoms with Crippen molar-refractivity contribution in [3.05, 3.63) is 60.2 Å². The molecule has 0 heterocycles. The molecule has 0 radical (unpaired) electrons. The van der Waals surface area contributed by atoms with Crippen molar-refractivity contribution in [2.75, 3.05) is 0 Å². The van der Waals surface area contributed by atoms with Crippen LogP contribution in [0.1, 0.15) is 48.9 Å². The van der Waals surface area contributed by atoms with Crippen molar-refractivity contribution in [3.8, 4) is 0 Å². The minimum Gasteiger partial charge on any atom is -0.290 e. The van der Waals surface area contributed by atoms with Gasteiger partial charge in [-0.1, -0.05) is 62.1 Å². The smallest absolute Gasteiger partial charge is 0.228 e. The van der Waals surface area contributed by atoms with E-state index in [1.165, 1.54) is 19.3 Å². The second-order valence-electron chi connectivity index (χ2n) is 6.40. The molecule has 0 aliphatic heterocycles.